The molecule has 12 heavy (non-hydrogen) atoms. The van der Waals surface area contributed by atoms with Crippen LogP contribution < -0.4 is 0 Å². The second-order valence-electron chi connectivity index (χ2n) is 1.97. The minimum atomic E-state index is -4.18. The number of hydrogen-bond acceptors (Lipinski definition) is 4. The summed E-state index contributed by atoms with van der Waals surface area (Å²) in [5.74, 6) is -1.57. The first kappa shape index (κ1) is 15.1. The van der Waals surface area contributed by atoms with Crippen LogP contribution in [0.5, 0.6) is 0 Å². The molecule has 0 bridgehead atoms. The average Bonchev–Trinajstić information content (AvgIpc) is 1.83. The Morgan fingerprint density at radius 2 is 2.00 bits per heavy atom. The van der Waals surface area contributed by atoms with Gasteiger partial charge in [-0.2, -0.15) is 8.42 Å². The van der Waals surface area contributed by atoms with Gasteiger partial charge in [0.2, 0.25) is 5.94 Å². The Labute approximate surface area is 101 Å². The minimum absolute atomic E-state index is 0. The van der Waals surface area contributed by atoms with E-state index in [1.54, 1.807) is 6.92 Å². The van der Waals surface area contributed by atoms with Crippen molar-refractivity contribution in [3.8, 4) is 0 Å². The van der Waals surface area contributed by atoms with Crippen LogP contribution in [0.2, 0.25) is 0 Å². The van der Waals surface area contributed by atoms with E-state index in [1.165, 1.54) is 0 Å². The molecule has 5 nitrogen and oxygen atoms in total. The van der Waals surface area contributed by atoms with Crippen molar-refractivity contribution in [3.63, 3.8) is 0 Å². The Morgan fingerprint density at radius 3 is 2.33 bits per heavy atom. The van der Waals surface area contributed by atoms with Crippen molar-refractivity contribution in [3.05, 3.63) is 0 Å². The zero-order valence-corrected chi connectivity index (χ0v) is 6.93. The fourth-order valence-corrected chi connectivity index (χ4v) is 0.697. The Kier molecular flexibility index (Phi) is 8.93. The molecule has 0 aliphatic rings. The van der Waals surface area contributed by atoms with Crippen LogP contribution >= 0.6 is 0 Å². The monoisotopic (exact) mass is 224 g/mol. The van der Waals surface area contributed by atoms with E-state index >= 15 is 0 Å². The van der Waals surface area contributed by atoms with Crippen LogP contribution in [-0.2, 0) is 19.6 Å². The Hall–Kier alpha value is 0.640. The van der Waals surface area contributed by atoms with Crippen molar-refractivity contribution >= 4 is 53.8 Å². The third kappa shape index (κ3) is 10.6. The van der Waals surface area contributed by atoms with Crippen molar-refractivity contribution in [1.82, 2.24) is 0 Å². The molecule has 0 fully saturated rings. The molecule has 0 saturated heterocycles. The molecule has 0 spiro atoms. The quantitative estimate of drug-likeness (QED) is 0.386. The van der Waals surface area contributed by atoms with Gasteiger partial charge in [-0.15, -0.1) is 0 Å². The van der Waals surface area contributed by atoms with Crippen molar-refractivity contribution in [2.45, 2.75) is 19.8 Å². The van der Waals surface area contributed by atoms with E-state index in [4.69, 9.17) is 4.55 Å². The maximum absolute atomic E-state index is 10.5. The van der Waals surface area contributed by atoms with E-state index in [-0.39, 0.29) is 44.2 Å². The van der Waals surface area contributed by atoms with Crippen LogP contribution in [0.4, 0.5) is 0 Å². The number of carbonyl (C=O) groups is 1. The summed E-state index contributed by atoms with van der Waals surface area (Å²) in [5, 5.41) is 0. The first-order chi connectivity index (χ1) is 4.95. The van der Waals surface area contributed by atoms with E-state index < -0.39 is 22.0 Å². The fraction of sp³-hybridized carbons (Fsp3) is 0.800. The Bertz CT molecular complexity index is 222. The molecule has 0 aliphatic heterocycles. The van der Waals surface area contributed by atoms with Gasteiger partial charge in [0, 0.05) is 6.42 Å². The van der Waals surface area contributed by atoms with Crippen molar-refractivity contribution in [2.75, 3.05) is 5.94 Å². The summed E-state index contributed by atoms with van der Waals surface area (Å²) in [6, 6.07) is 0. The Morgan fingerprint density at radius 1 is 1.50 bits per heavy atom. The van der Waals surface area contributed by atoms with Gasteiger partial charge in [0.15, 0.2) is 0 Å². The molecule has 0 aliphatic carbocycles. The van der Waals surface area contributed by atoms with Crippen molar-refractivity contribution in [1.29, 1.82) is 0 Å². The molecule has 0 heterocycles. The average molecular weight is 224 g/mol. The van der Waals surface area contributed by atoms with Gasteiger partial charge in [-0.05, 0) is 6.42 Å². The van der Waals surface area contributed by atoms with Gasteiger partial charge in [0.1, 0.15) is 0 Å². The van der Waals surface area contributed by atoms with E-state index in [9.17, 15) is 13.2 Å². The topological polar surface area (TPSA) is 80.7 Å². The third-order valence-corrected chi connectivity index (χ3v) is 1.24. The summed E-state index contributed by atoms with van der Waals surface area (Å²) in [4.78, 5) is 10.5. The maximum atomic E-state index is 10.5. The predicted octanol–water partition coefficient (Wildman–Crippen LogP) is -0.741. The van der Waals surface area contributed by atoms with Crippen molar-refractivity contribution in [2.24, 2.45) is 0 Å². The van der Waals surface area contributed by atoms with Gasteiger partial charge in [0.25, 0.3) is 0 Å². The molecule has 0 aromatic rings. The summed E-state index contributed by atoms with van der Waals surface area (Å²) in [7, 11) is -4.18. The molecule has 0 radical (unpaired) electrons. The van der Waals surface area contributed by atoms with Crippen LogP contribution in [-0.4, -0.2) is 62.6 Å². The van der Waals surface area contributed by atoms with Gasteiger partial charge in [-0.25, -0.2) is 0 Å². The van der Waals surface area contributed by atoms with Gasteiger partial charge in [-0.1, -0.05) is 6.92 Å². The first-order valence-corrected chi connectivity index (χ1v) is 4.67. The van der Waals surface area contributed by atoms with E-state index in [2.05, 4.69) is 4.74 Å². The summed E-state index contributed by atoms with van der Waals surface area (Å²) in [6.07, 6.45) is 0.750. The third-order valence-electron chi connectivity index (χ3n) is 0.823. The normalized spacial score (nSPS) is 10.2. The number of ether oxygens (including phenoxy) is 1. The SMILES string of the molecule is CCCC(=O)OCS(=O)(=O)O.[CaH2]. The summed E-state index contributed by atoms with van der Waals surface area (Å²) >= 11 is 0. The molecule has 0 amide bonds. The number of carbonyl (C=O) groups excluding carboxylic acids is 1. The van der Waals surface area contributed by atoms with Crippen LogP contribution in [0, 0.1) is 0 Å². The van der Waals surface area contributed by atoms with Gasteiger partial charge < -0.3 is 4.74 Å². The molecular formula is C5H12CaO5S. The molecule has 0 aromatic heterocycles. The zero-order valence-electron chi connectivity index (χ0n) is 6.11. The first-order valence-electron chi connectivity index (χ1n) is 3.06. The molecule has 0 rings (SSSR count). The molecule has 0 aromatic carbocycles. The summed E-state index contributed by atoms with van der Waals surface area (Å²) < 4.78 is 32.3. The number of esters is 1. The molecular weight excluding hydrogens is 212 g/mol. The number of rotatable bonds is 4. The molecule has 0 saturated carbocycles. The molecule has 0 unspecified atom stereocenters. The van der Waals surface area contributed by atoms with E-state index in [0.29, 0.717) is 6.42 Å². The second-order valence-corrected chi connectivity index (χ2v) is 3.37. The van der Waals surface area contributed by atoms with Crippen LogP contribution in [0.3, 0.4) is 0 Å². The second kappa shape index (κ2) is 7.08. The fourth-order valence-electron chi connectivity index (χ4n) is 0.416. The van der Waals surface area contributed by atoms with Crippen LogP contribution in [0.1, 0.15) is 19.8 Å². The molecule has 70 valence electrons. The standard InChI is InChI=1S/C5H10O5S.Ca.2H/c1-2-3-5(6)10-4-11(7,8)9;;;/h2-4H2,1H3,(H,7,8,9);;;. The molecule has 1 N–H and O–H groups in total. The van der Waals surface area contributed by atoms with E-state index in [1.807, 2.05) is 0 Å². The predicted molar refractivity (Wildman–Crippen MR) is 46.0 cm³/mol. The summed E-state index contributed by atoms with van der Waals surface area (Å²) in [5.41, 5.74) is 0. The van der Waals surface area contributed by atoms with Crippen LogP contribution in [0.25, 0.3) is 0 Å². The molecule has 7 heteroatoms. The van der Waals surface area contributed by atoms with Gasteiger partial charge in [-0.3, -0.25) is 9.35 Å². The zero-order chi connectivity index (χ0) is 8.91. The van der Waals surface area contributed by atoms with Crippen LogP contribution in [0.15, 0.2) is 0 Å². The van der Waals surface area contributed by atoms with Gasteiger partial charge in [0.05, 0.1) is 0 Å². The molecule has 0 atom stereocenters. The van der Waals surface area contributed by atoms with Crippen molar-refractivity contribution < 1.29 is 22.5 Å². The number of hydrogen-bond donors (Lipinski definition) is 1. The Balaban J connectivity index is 0. The summed E-state index contributed by atoms with van der Waals surface area (Å²) in [6.45, 7) is 1.76. The van der Waals surface area contributed by atoms with Gasteiger partial charge >= 0.3 is 53.8 Å². The van der Waals surface area contributed by atoms with E-state index in [0.717, 1.165) is 0 Å².